The van der Waals surface area contributed by atoms with Crippen LogP contribution in [-0.2, 0) is 19.2 Å². The van der Waals surface area contributed by atoms with E-state index in [9.17, 15) is 29.4 Å². The lowest BCUT2D eigenvalue weighted by molar-refractivity contribution is -0.145. The highest BCUT2D eigenvalue weighted by molar-refractivity contribution is 7.98. The zero-order chi connectivity index (χ0) is 21.1. The third kappa shape index (κ3) is 9.04. The molecule has 0 aromatic heterocycles. The number of hydrogen-bond donors (Lipinski definition) is 7. The summed E-state index contributed by atoms with van der Waals surface area (Å²) in [6, 6.07) is -4.88. The largest absolute Gasteiger partial charge is 0.480 e. The summed E-state index contributed by atoms with van der Waals surface area (Å²) >= 11 is 1.52. The van der Waals surface area contributed by atoms with E-state index in [1.54, 1.807) is 0 Å². The molecule has 3 amide bonds. The fraction of sp³-hybridized carbons (Fsp3) is 0.733. The molecule has 0 rings (SSSR count). The summed E-state index contributed by atoms with van der Waals surface area (Å²) in [6.07, 6.45) is 0.911. The monoisotopic (exact) mass is 408 g/mol. The van der Waals surface area contributed by atoms with E-state index in [-0.39, 0.29) is 0 Å². The number of amides is 3. The topological polar surface area (TPSA) is 191 Å². The standard InChI is InChI=1S/C15H28N4O7S/c1-7(17-13(23)9(16)4-5-27-3)12(22)18-10(6-20)14(24)19-11(8(2)21)15(25)26/h7-11,20-21H,4-6,16H2,1-3H3,(H,17,23)(H,18,22)(H,19,24)(H,25,26). The van der Waals surface area contributed by atoms with E-state index in [1.165, 1.54) is 25.6 Å². The molecule has 0 spiro atoms. The van der Waals surface area contributed by atoms with Gasteiger partial charge in [-0.2, -0.15) is 11.8 Å². The Morgan fingerprint density at radius 2 is 1.63 bits per heavy atom. The first kappa shape index (κ1) is 25.1. The van der Waals surface area contributed by atoms with Gasteiger partial charge in [-0.3, -0.25) is 14.4 Å². The van der Waals surface area contributed by atoms with Crippen LogP contribution < -0.4 is 21.7 Å². The van der Waals surface area contributed by atoms with E-state index in [1.807, 2.05) is 11.6 Å². The number of nitrogens with two attached hydrogens (primary N) is 1. The molecule has 8 N–H and O–H groups in total. The van der Waals surface area contributed by atoms with Gasteiger partial charge in [0.25, 0.3) is 0 Å². The van der Waals surface area contributed by atoms with Crippen molar-refractivity contribution in [2.75, 3.05) is 18.6 Å². The second-order valence-corrected chi connectivity index (χ2v) is 6.91. The molecule has 0 aliphatic carbocycles. The first-order chi connectivity index (χ1) is 12.5. The first-order valence-corrected chi connectivity index (χ1v) is 9.61. The Labute approximate surface area is 161 Å². The predicted molar refractivity (Wildman–Crippen MR) is 98.8 cm³/mol. The summed E-state index contributed by atoms with van der Waals surface area (Å²) in [5, 5.41) is 34.2. The molecule has 27 heavy (non-hydrogen) atoms. The third-order valence-corrected chi connectivity index (χ3v) is 4.23. The van der Waals surface area contributed by atoms with Gasteiger partial charge < -0.3 is 37.0 Å². The van der Waals surface area contributed by atoms with Crippen LogP contribution in [0.25, 0.3) is 0 Å². The highest BCUT2D eigenvalue weighted by Crippen LogP contribution is 2.00. The van der Waals surface area contributed by atoms with Gasteiger partial charge in [0, 0.05) is 0 Å². The van der Waals surface area contributed by atoms with Gasteiger partial charge in [-0.25, -0.2) is 4.79 Å². The number of thioether (sulfide) groups is 1. The van der Waals surface area contributed by atoms with Crippen molar-refractivity contribution in [1.29, 1.82) is 0 Å². The molecule has 5 unspecified atom stereocenters. The molecule has 0 aromatic rings. The van der Waals surface area contributed by atoms with Crippen molar-refractivity contribution in [2.24, 2.45) is 5.73 Å². The van der Waals surface area contributed by atoms with E-state index in [4.69, 9.17) is 10.8 Å². The summed E-state index contributed by atoms with van der Waals surface area (Å²) in [5.74, 6) is -3.08. The summed E-state index contributed by atoms with van der Waals surface area (Å²) in [4.78, 5) is 47.0. The molecule has 0 saturated carbocycles. The van der Waals surface area contributed by atoms with E-state index < -0.39 is 60.6 Å². The molecule has 0 fully saturated rings. The number of rotatable bonds is 12. The number of carbonyl (C=O) groups is 4. The third-order valence-electron chi connectivity index (χ3n) is 3.58. The minimum absolute atomic E-state index is 0.429. The number of aliphatic carboxylic acids is 1. The molecule has 0 saturated heterocycles. The molecule has 156 valence electrons. The lowest BCUT2D eigenvalue weighted by Gasteiger charge is -2.23. The summed E-state index contributed by atoms with van der Waals surface area (Å²) in [7, 11) is 0. The maximum absolute atomic E-state index is 12.1. The average Bonchev–Trinajstić information content (AvgIpc) is 2.60. The van der Waals surface area contributed by atoms with Crippen molar-refractivity contribution in [3.05, 3.63) is 0 Å². The van der Waals surface area contributed by atoms with Gasteiger partial charge in [0.1, 0.15) is 12.1 Å². The van der Waals surface area contributed by atoms with Crippen LogP contribution in [0.3, 0.4) is 0 Å². The molecule has 12 heteroatoms. The Hall–Kier alpha value is -1.89. The van der Waals surface area contributed by atoms with Gasteiger partial charge in [0.2, 0.25) is 17.7 Å². The molecule has 0 radical (unpaired) electrons. The van der Waals surface area contributed by atoms with E-state index in [0.29, 0.717) is 12.2 Å². The number of carboxylic acids is 1. The van der Waals surface area contributed by atoms with Crippen molar-refractivity contribution < 1.29 is 34.5 Å². The Balaban J connectivity index is 4.75. The van der Waals surface area contributed by atoms with Crippen LogP contribution in [0.5, 0.6) is 0 Å². The molecule has 0 aliphatic rings. The Bertz CT molecular complexity index is 532. The fourth-order valence-corrected chi connectivity index (χ4v) is 2.38. The lowest BCUT2D eigenvalue weighted by atomic mass is 10.1. The van der Waals surface area contributed by atoms with Crippen molar-refractivity contribution in [1.82, 2.24) is 16.0 Å². The molecule has 0 aliphatic heterocycles. The van der Waals surface area contributed by atoms with Crippen molar-refractivity contribution >= 4 is 35.5 Å². The summed E-state index contributed by atoms with van der Waals surface area (Å²) in [5.41, 5.74) is 5.70. The second-order valence-electron chi connectivity index (χ2n) is 5.93. The van der Waals surface area contributed by atoms with E-state index >= 15 is 0 Å². The Morgan fingerprint density at radius 1 is 1.04 bits per heavy atom. The van der Waals surface area contributed by atoms with Crippen LogP contribution in [-0.4, -0.2) is 87.9 Å². The molecule has 0 aromatic carbocycles. The zero-order valence-electron chi connectivity index (χ0n) is 15.5. The Morgan fingerprint density at radius 3 is 2.07 bits per heavy atom. The average molecular weight is 408 g/mol. The van der Waals surface area contributed by atoms with Gasteiger partial charge in [-0.1, -0.05) is 0 Å². The number of carbonyl (C=O) groups excluding carboxylic acids is 3. The SMILES string of the molecule is CSCCC(N)C(=O)NC(C)C(=O)NC(CO)C(=O)NC(C(=O)O)C(C)O. The Kier molecular flexibility index (Phi) is 11.6. The summed E-state index contributed by atoms with van der Waals surface area (Å²) < 4.78 is 0. The van der Waals surface area contributed by atoms with Gasteiger partial charge in [0.05, 0.1) is 18.8 Å². The number of aliphatic hydroxyl groups excluding tert-OH is 2. The van der Waals surface area contributed by atoms with Gasteiger partial charge in [0.15, 0.2) is 6.04 Å². The second kappa shape index (κ2) is 12.5. The number of nitrogens with one attached hydrogen (secondary N) is 3. The van der Waals surface area contributed by atoms with E-state index in [2.05, 4.69) is 10.6 Å². The quantitative estimate of drug-likeness (QED) is 0.176. The first-order valence-electron chi connectivity index (χ1n) is 8.22. The van der Waals surface area contributed by atoms with Crippen LogP contribution in [0.4, 0.5) is 0 Å². The lowest BCUT2D eigenvalue weighted by Crippen LogP contribution is -2.58. The van der Waals surface area contributed by atoms with Crippen molar-refractivity contribution in [2.45, 2.75) is 50.5 Å². The van der Waals surface area contributed by atoms with E-state index in [0.717, 1.165) is 0 Å². The molecular formula is C15H28N4O7S. The van der Waals surface area contributed by atoms with Gasteiger partial charge in [-0.15, -0.1) is 0 Å². The van der Waals surface area contributed by atoms with Crippen LogP contribution in [0.15, 0.2) is 0 Å². The van der Waals surface area contributed by atoms with Gasteiger partial charge >= 0.3 is 5.97 Å². The maximum Gasteiger partial charge on any atom is 0.328 e. The van der Waals surface area contributed by atoms with Crippen LogP contribution in [0, 0.1) is 0 Å². The van der Waals surface area contributed by atoms with Crippen LogP contribution >= 0.6 is 11.8 Å². The molecule has 0 bridgehead atoms. The van der Waals surface area contributed by atoms with Crippen LogP contribution in [0.2, 0.25) is 0 Å². The number of hydrogen-bond acceptors (Lipinski definition) is 8. The van der Waals surface area contributed by atoms with Gasteiger partial charge in [-0.05, 0) is 32.3 Å². The number of aliphatic hydroxyl groups is 2. The minimum atomic E-state index is -1.60. The molecule has 5 atom stereocenters. The molecule has 11 nitrogen and oxygen atoms in total. The normalized spacial score (nSPS) is 16.4. The number of carboxylic acid groups (broad SMARTS) is 1. The minimum Gasteiger partial charge on any atom is -0.480 e. The highest BCUT2D eigenvalue weighted by atomic mass is 32.2. The molecule has 0 heterocycles. The van der Waals surface area contributed by atoms with Crippen molar-refractivity contribution in [3.8, 4) is 0 Å². The van der Waals surface area contributed by atoms with Crippen LogP contribution in [0.1, 0.15) is 20.3 Å². The predicted octanol–water partition coefficient (Wildman–Crippen LogP) is -3.00. The smallest absolute Gasteiger partial charge is 0.328 e. The zero-order valence-corrected chi connectivity index (χ0v) is 16.3. The fourth-order valence-electron chi connectivity index (χ4n) is 1.90. The van der Waals surface area contributed by atoms with Crippen molar-refractivity contribution in [3.63, 3.8) is 0 Å². The maximum atomic E-state index is 12.1. The highest BCUT2D eigenvalue weighted by Gasteiger charge is 2.30. The molecular weight excluding hydrogens is 380 g/mol. The summed E-state index contributed by atoms with van der Waals surface area (Å²) in [6.45, 7) is 1.73.